The molecule has 0 atom stereocenters. The fourth-order valence-corrected chi connectivity index (χ4v) is 3.44. The summed E-state index contributed by atoms with van der Waals surface area (Å²) in [6, 6.07) is 21.3. The summed E-state index contributed by atoms with van der Waals surface area (Å²) >= 11 is 2.61. The summed E-state index contributed by atoms with van der Waals surface area (Å²) in [5.74, 6) is 0. The third-order valence-electron chi connectivity index (χ3n) is 2.93. The quantitative estimate of drug-likeness (QED) is 0.354. The van der Waals surface area contributed by atoms with Crippen LogP contribution in [0.2, 0.25) is 0 Å². The van der Waals surface area contributed by atoms with Crippen LogP contribution in [0.5, 0.6) is 0 Å². The number of allylic oxidation sites excluding steroid dienone is 1. The Morgan fingerprint density at radius 1 is 0.875 bits per heavy atom. The maximum absolute atomic E-state index is 9.50. The molecular formula is C18H16N4S2. The smallest absolute Gasteiger partial charge is 0.113 e. The molecule has 4 N–H and O–H groups in total. The highest BCUT2D eigenvalue weighted by Crippen LogP contribution is 2.32. The molecular weight excluding hydrogens is 336 g/mol. The van der Waals surface area contributed by atoms with E-state index in [1.54, 1.807) is 0 Å². The number of benzene rings is 2. The monoisotopic (exact) mass is 352 g/mol. The van der Waals surface area contributed by atoms with E-state index in [-0.39, 0.29) is 5.57 Å². The standard InChI is InChI=1S/C18H16N4S2/c1-22-16(18(21)24-14-10-6-3-7-11-14)15(12-19)17(20)23-13-8-4-2-5-9-13/h2-11H,1,20-21H2/b17-15+,18-16-. The maximum atomic E-state index is 9.50. The van der Waals surface area contributed by atoms with Crippen LogP contribution in [0.1, 0.15) is 0 Å². The minimum atomic E-state index is 0.222. The van der Waals surface area contributed by atoms with Crippen molar-refractivity contribution < 1.29 is 0 Å². The van der Waals surface area contributed by atoms with Gasteiger partial charge in [-0.15, -0.1) is 0 Å². The molecule has 2 rings (SSSR count). The molecule has 0 bridgehead atoms. The molecule has 0 spiro atoms. The Hall–Kier alpha value is -2.62. The van der Waals surface area contributed by atoms with Gasteiger partial charge in [0.05, 0.1) is 10.1 Å². The van der Waals surface area contributed by atoms with Gasteiger partial charge in [0, 0.05) is 9.79 Å². The van der Waals surface area contributed by atoms with E-state index >= 15 is 0 Å². The van der Waals surface area contributed by atoms with E-state index in [0.717, 1.165) is 9.79 Å². The van der Waals surface area contributed by atoms with Crippen molar-refractivity contribution >= 4 is 30.2 Å². The van der Waals surface area contributed by atoms with Crippen molar-refractivity contribution in [1.29, 1.82) is 5.26 Å². The number of hydrogen-bond donors (Lipinski definition) is 2. The molecule has 0 aliphatic carbocycles. The predicted molar refractivity (Wildman–Crippen MR) is 102 cm³/mol. The van der Waals surface area contributed by atoms with E-state index in [1.807, 2.05) is 60.7 Å². The first-order valence-corrected chi connectivity index (χ1v) is 8.61. The molecule has 0 saturated heterocycles. The van der Waals surface area contributed by atoms with Gasteiger partial charge in [-0.2, -0.15) is 5.26 Å². The van der Waals surface area contributed by atoms with Crippen LogP contribution in [0.15, 0.2) is 96.8 Å². The van der Waals surface area contributed by atoms with E-state index in [0.29, 0.717) is 15.8 Å². The number of thioether (sulfide) groups is 2. The Labute approximate surface area is 150 Å². The second-order valence-corrected chi connectivity index (χ2v) is 6.78. The van der Waals surface area contributed by atoms with Crippen LogP contribution in [0.3, 0.4) is 0 Å². The van der Waals surface area contributed by atoms with Crippen LogP contribution in [0.25, 0.3) is 0 Å². The zero-order valence-electron chi connectivity index (χ0n) is 12.8. The summed E-state index contributed by atoms with van der Waals surface area (Å²) in [4.78, 5) is 5.81. The van der Waals surface area contributed by atoms with Crippen molar-refractivity contribution in [3.63, 3.8) is 0 Å². The normalized spacial score (nSPS) is 12.6. The van der Waals surface area contributed by atoms with Gasteiger partial charge in [0.2, 0.25) is 0 Å². The third kappa shape index (κ3) is 4.69. The van der Waals surface area contributed by atoms with Crippen LogP contribution >= 0.6 is 23.5 Å². The highest BCUT2D eigenvalue weighted by atomic mass is 32.2. The lowest BCUT2D eigenvalue weighted by Crippen LogP contribution is -2.05. The maximum Gasteiger partial charge on any atom is 0.113 e. The van der Waals surface area contributed by atoms with E-state index in [2.05, 4.69) is 17.8 Å². The Morgan fingerprint density at radius 2 is 1.33 bits per heavy atom. The molecule has 0 unspecified atom stereocenters. The number of nitriles is 1. The second-order valence-electron chi connectivity index (χ2n) is 4.55. The molecule has 24 heavy (non-hydrogen) atoms. The van der Waals surface area contributed by atoms with E-state index < -0.39 is 0 Å². The average molecular weight is 352 g/mol. The first kappa shape index (κ1) is 17.7. The van der Waals surface area contributed by atoms with Gasteiger partial charge in [-0.1, -0.05) is 59.9 Å². The van der Waals surface area contributed by atoms with Crippen molar-refractivity contribution in [1.82, 2.24) is 0 Å². The largest absolute Gasteiger partial charge is 0.392 e. The van der Waals surface area contributed by atoms with Gasteiger partial charge < -0.3 is 11.5 Å². The van der Waals surface area contributed by atoms with E-state index in [9.17, 15) is 5.26 Å². The zero-order chi connectivity index (χ0) is 17.4. The highest BCUT2D eigenvalue weighted by Gasteiger charge is 2.14. The zero-order valence-corrected chi connectivity index (χ0v) is 14.5. The first-order valence-electron chi connectivity index (χ1n) is 6.98. The van der Waals surface area contributed by atoms with Gasteiger partial charge in [-0.05, 0) is 31.0 Å². The fourth-order valence-electron chi connectivity index (χ4n) is 1.84. The van der Waals surface area contributed by atoms with Gasteiger partial charge in [-0.3, -0.25) is 4.99 Å². The molecule has 120 valence electrons. The molecule has 0 radical (unpaired) electrons. The lowest BCUT2D eigenvalue weighted by Gasteiger charge is -2.09. The topological polar surface area (TPSA) is 88.2 Å². The summed E-state index contributed by atoms with van der Waals surface area (Å²) in [7, 11) is 0. The predicted octanol–water partition coefficient (Wildman–Crippen LogP) is 4.09. The van der Waals surface area contributed by atoms with Crippen molar-refractivity contribution in [3.8, 4) is 6.07 Å². The summed E-state index contributed by atoms with van der Waals surface area (Å²) in [6.07, 6.45) is 0. The molecule has 0 fully saturated rings. The summed E-state index contributed by atoms with van der Waals surface area (Å²) in [5, 5.41) is 10.2. The van der Waals surface area contributed by atoms with Crippen LogP contribution < -0.4 is 11.5 Å². The fraction of sp³-hybridized carbons (Fsp3) is 0. The molecule has 0 aliphatic heterocycles. The second kappa shape index (κ2) is 8.87. The SMILES string of the molecule is C=NC(=C(/N)Sc1ccccc1)/C(C#N)=C(\N)Sc1ccccc1. The van der Waals surface area contributed by atoms with Gasteiger partial charge in [-0.25, -0.2) is 0 Å². The molecule has 0 heterocycles. The minimum absolute atomic E-state index is 0.222. The molecule has 6 heteroatoms. The Bertz CT molecular complexity index is 806. The Morgan fingerprint density at radius 3 is 1.75 bits per heavy atom. The Balaban J connectivity index is 2.34. The molecule has 0 amide bonds. The average Bonchev–Trinajstić information content (AvgIpc) is 2.61. The lowest BCUT2D eigenvalue weighted by molar-refractivity contribution is 1.26. The first-order chi connectivity index (χ1) is 11.7. The van der Waals surface area contributed by atoms with Crippen molar-refractivity contribution in [2.75, 3.05) is 0 Å². The number of nitrogens with zero attached hydrogens (tertiary/aromatic N) is 2. The number of hydrogen-bond acceptors (Lipinski definition) is 6. The summed E-state index contributed by atoms with van der Waals surface area (Å²) in [5.41, 5.74) is 12.7. The molecule has 2 aromatic carbocycles. The summed E-state index contributed by atoms with van der Waals surface area (Å²) in [6.45, 7) is 3.53. The number of aliphatic imine (C=N–C) groups is 1. The molecule has 0 aromatic heterocycles. The lowest BCUT2D eigenvalue weighted by atomic mass is 10.2. The number of rotatable bonds is 6. The molecule has 4 nitrogen and oxygen atoms in total. The highest BCUT2D eigenvalue weighted by molar-refractivity contribution is 8.03. The van der Waals surface area contributed by atoms with E-state index in [1.165, 1.54) is 23.5 Å². The third-order valence-corrected chi connectivity index (χ3v) is 4.78. The van der Waals surface area contributed by atoms with Gasteiger partial charge in [0.15, 0.2) is 0 Å². The van der Waals surface area contributed by atoms with Crippen LogP contribution in [0, 0.1) is 11.3 Å². The van der Waals surface area contributed by atoms with Crippen molar-refractivity contribution in [3.05, 3.63) is 82.0 Å². The molecule has 2 aromatic rings. The van der Waals surface area contributed by atoms with Gasteiger partial charge in [0.1, 0.15) is 17.3 Å². The van der Waals surface area contributed by atoms with Crippen LogP contribution in [-0.4, -0.2) is 6.72 Å². The van der Waals surface area contributed by atoms with Crippen LogP contribution in [-0.2, 0) is 0 Å². The van der Waals surface area contributed by atoms with Gasteiger partial charge in [0.25, 0.3) is 0 Å². The summed E-state index contributed by atoms with van der Waals surface area (Å²) < 4.78 is 0. The van der Waals surface area contributed by atoms with Crippen molar-refractivity contribution in [2.45, 2.75) is 9.79 Å². The molecule has 0 aliphatic rings. The van der Waals surface area contributed by atoms with Gasteiger partial charge >= 0.3 is 0 Å². The minimum Gasteiger partial charge on any atom is -0.392 e. The van der Waals surface area contributed by atoms with Crippen molar-refractivity contribution in [2.24, 2.45) is 16.5 Å². The van der Waals surface area contributed by atoms with Crippen LogP contribution in [0.4, 0.5) is 0 Å². The molecule has 0 saturated carbocycles. The van der Waals surface area contributed by atoms with E-state index in [4.69, 9.17) is 11.5 Å². The number of nitrogens with two attached hydrogens (primary N) is 2. The Kier molecular flexibility index (Phi) is 6.55.